The molecular formula is C15H17NO2. The summed E-state index contributed by atoms with van der Waals surface area (Å²) in [5.74, 6) is 1.03. The second-order valence-corrected chi connectivity index (χ2v) is 5.45. The van der Waals surface area contributed by atoms with Gasteiger partial charge in [0.05, 0.1) is 12.0 Å². The van der Waals surface area contributed by atoms with Gasteiger partial charge in [0.1, 0.15) is 0 Å². The summed E-state index contributed by atoms with van der Waals surface area (Å²) in [6.07, 6.45) is 11.4. The lowest BCUT2D eigenvalue weighted by molar-refractivity contribution is -0.126. The summed E-state index contributed by atoms with van der Waals surface area (Å²) in [6.45, 7) is 5.10. The van der Waals surface area contributed by atoms with Crippen molar-refractivity contribution in [3.8, 4) is 0 Å². The van der Waals surface area contributed by atoms with Crippen molar-refractivity contribution in [2.24, 2.45) is 5.41 Å². The lowest BCUT2D eigenvalue weighted by Gasteiger charge is -2.34. The molecule has 0 aromatic carbocycles. The molecule has 3 heteroatoms. The number of likely N-dealkylation sites (tertiary alicyclic amines) is 1. The number of nitrogens with zero attached hydrogens (tertiary/aromatic N) is 1. The molecule has 0 bridgehead atoms. The lowest BCUT2D eigenvalue weighted by Crippen LogP contribution is -2.29. The van der Waals surface area contributed by atoms with Gasteiger partial charge in [0.2, 0.25) is 5.91 Å². The van der Waals surface area contributed by atoms with Crippen LogP contribution in [0.5, 0.6) is 0 Å². The average molecular weight is 243 g/mol. The molecule has 1 fully saturated rings. The van der Waals surface area contributed by atoms with Crippen LogP contribution in [0.1, 0.15) is 26.7 Å². The number of hydrogen-bond acceptors (Lipinski definition) is 2. The van der Waals surface area contributed by atoms with E-state index in [1.807, 2.05) is 17.1 Å². The Morgan fingerprint density at radius 1 is 1.39 bits per heavy atom. The quantitative estimate of drug-likeness (QED) is 0.708. The molecule has 0 atom stereocenters. The number of carbonyl (C=O) groups excluding carboxylic acids is 1. The van der Waals surface area contributed by atoms with Gasteiger partial charge in [-0.25, -0.2) is 0 Å². The fraction of sp³-hybridized carbons (Fsp3) is 0.400. The molecule has 1 aliphatic carbocycles. The smallest absolute Gasteiger partial charge is 0.227 e. The van der Waals surface area contributed by atoms with Crippen molar-refractivity contribution in [1.82, 2.24) is 4.90 Å². The molecule has 0 unspecified atom stereocenters. The maximum absolute atomic E-state index is 11.9. The minimum atomic E-state index is -0.0492. The SMILES string of the molecule is CC1(C)C=CC(N2CCCC2=O)=C2OC=CC=C21. The third kappa shape index (κ3) is 1.62. The van der Waals surface area contributed by atoms with Crippen molar-refractivity contribution < 1.29 is 9.53 Å². The molecule has 94 valence electrons. The zero-order chi connectivity index (χ0) is 12.8. The zero-order valence-corrected chi connectivity index (χ0v) is 10.8. The highest BCUT2D eigenvalue weighted by molar-refractivity contribution is 5.81. The van der Waals surface area contributed by atoms with Gasteiger partial charge in [-0.3, -0.25) is 4.79 Å². The van der Waals surface area contributed by atoms with Crippen molar-refractivity contribution in [3.63, 3.8) is 0 Å². The summed E-state index contributed by atoms with van der Waals surface area (Å²) in [7, 11) is 0. The molecule has 3 nitrogen and oxygen atoms in total. The molecule has 0 aromatic heterocycles. The number of carbonyl (C=O) groups is 1. The van der Waals surface area contributed by atoms with Crippen LogP contribution >= 0.6 is 0 Å². The van der Waals surface area contributed by atoms with Crippen LogP contribution in [-0.2, 0) is 9.53 Å². The number of amides is 1. The van der Waals surface area contributed by atoms with Crippen LogP contribution in [0.2, 0.25) is 0 Å². The molecule has 3 rings (SSSR count). The van der Waals surface area contributed by atoms with Crippen LogP contribution in [0.4, 0.5) is 0 Å². The normalized spacial score (nSPS) is 25.1. The summed E-state index contributed by atoms with van der Waals surface area (Å²) >= 11 is 0. The van der Waals surface area contributed by atoms with E-state index in [-0.39, 0.29) is 11.3 Å². The monoisotopic (exact) mass is 243 g/mol. The highest BCUT2D eigenvalue weighted by atomic mass is 16.5. The fourth-order valence-corrected chi connectivity index (χ4v) is 2.66. The Bertz CT molecular complexity index is 521. The van der Waals surface area contributed by atoms with Gasteiger partial charge in [-0.05, 0) is 18.6 Å². The molecule has 0 radical (unpaired) electrons. The predicted molar refractivity (Wildman–Crippen MR) is 69.2 cm³/mol. The number of hydrogen-bond donors (Lipinski definition) is 0. The standard InChI is InChI=1S/C15H17NO2/c1-15(2)8-7-12(16-9-3-6-13(16)17)14-11(15)5-4-10-18-14/h4-5,7-8,10H,3,6,9H2,1-2H3. The molecule has 2 heterocycles. The van der Waals surface area contributed by atoms with E-state index in [0.717, 1.165) is 30.0 Å². The van der Waals surface area contributed by atoms with Crippen LogP contribution in [0.3, 0.4) is 0 Å². The second-order valence-electron chi connectivity index (χ2n) is 5.45. The van der Waals surface area contributed by atoms with Crippen molar-refractivity contribution in [1.29, 1.82) is 0 Å². The van der Waals surface area contributed by atoms with E-state index >= 15 is 0 Å². The summed E-state index contributed by atoms with van der Waals surface area (Å²) in [5.41, 5.74) is 2.00. The van der Waals surface area contributed by atoms with Crippen molar-refractivity contribution in [3.05, 3.63) is 47.6 Å². The Morgan fingerprint density at radius 3 is 2.94 bits per heavy atom. The van der Waals surface area contributed by atoms with Crippen molar-refractivity contribution in [2.45, 2.75) is 26.7 Å². The van der Waals surface area contributed by atoms with Gasteiger partial charge in [0.25, 0.3) is 0 Å². The molecule has 2 aliphatic heterocycles. The Labute approximate surface area is 107 Å². The molecule has 0 spiro atoms. The first-order valence-electron chi connectivity index (χ1n) is 6.38. The first kappa shape index (κ1) is 11.3. The van der Waals surface area contributed by atoms with E-state index in [4.69, 9.17) is 4.74 Å². The minimum Gasteiger partial charge on any atom is -0.462 e. The second kappa shape index (κ2) is 3.87. The number of ether oxygens (including phenoxy) is 1. The maximum Gasteiger partial charge on any atom is 0.227 e. The van der Waals surface area contributed by atoms with Crippen LogP contribution in [0.15, 0.2) is 47.6 Å². The lowest BCUT2D eigenvalue weighted by atomic mass is 9.78. The summed E-state index contributed by atoms with van der Waals surface area (Å²) < 4.78 is 5.68. The zero-order valence-electron chi connectivity index (χ0n) is 10.8. The first-order valence-corrected chi connectivity index (χ1v) is 6.38. The van der Waals surface area contributed by atoms with Gasteiger partial charge in [-0.2, -0.15) is 0 Å². The Morgan fingerprint density at radius 2 is 2.22 bits per heavy atom. The van der Waals surface area contributed by atoms with Gasteiger partial charge in [-0.1, -0.05) is 26.0 Å². The third-order valence-corrected chi connectivity index (χ3v) is 3.72. The Balaban J connectivity index is 2.07. The summed E-state index contributed by atoms with van der Waals surface area (Å²) in [6, 6.07) is 0. The summed E-state index contributed by atoms with van der Waals surface area (Å²) in [5, 5.41) is 0. The molecule has 0 aromatic rings. The van der Waals surface area contributed by atoms with E-state index in [9.17, 15) is 4.79 Å². The van der Waals surface area contributed by atoms with Gasteiger partial charge in [0.15, 0.2) is 5.76 Å². The molecule has 0 N–H and O–H groups in total. The number of fused-ring (bicyclic) bond motifs is 1. The predicted octanol–water partition coefficient (Wildman–Crippen LogP) is 2.89. The van der Waals surface area contributed by atoms with Crippen molar-refractivity contribution >= 4 is 5.91 Å². The topological polar surface area (TPSA) is 29.5 Å². The van der Waals surface area contributed by atoms with Crippen molar-refractivity contribution in [2.75, 3.05) is 6.54 Å². The van der Waals surface area contributed by atoms with Gasteiger partial charge < -0.3 is 9.64 Å². The highest BCUT2D eigenvalue weighted by Gasteiger charge is 2.35. The van der Waals surface area contributed by atoms with E-state index in [2.05, 4.69) is 26.0 Å². The van der Waals surface area contributed by atoms with E-state index in [1.165, 1.54) is 0 Å². The van der Waals surface area contributed by atoms with Crippen LogP contribution in [0, 0.1) is 5.41 Å². The van der Waals surface area contributed by atoms with Gasteiger partial charge in [0, 0.05) is 24.0 Å². The third-order valence-electron chi connectivity index (χ3n) is 3.72. The minimum absolute atomic E-state index is 0.0492. The van der Waals surface area contributed by atoms with Gasteiger partial charge >= 0.3 is 0 Å². The molecule has 1 saturated heterocycles. The molecule has 18 heavy (non-hydrogen) atoms. The first-order chi connectivity index (χ1) is 8.59. The fourth-order valence-electron chi connectivity index (χ4n) is 2.66. The Hall–Kier alpha value is -1.77. The van der Waals surface area contributed by atoms with E-state index in [0.29, 0.717) is 6.42 Å². The van der Waals surface area contributed by atoms with Gasteiger partial charge in [-0.15, -0.1) is 0 Å². The van der Waals surface area contributed by atoms with E-state index < -0.39 is 0 Å². The highest BCUT2D eigenvalue weighted by Crippen LogP contribution is 2.42. The maximum atomic E-state index is 11.9. The molecule has 3 aliphatic rings. The van der Waals surface area contributed by atoms with Crippen LogP contribution in [0.25, 0.3) is 0 Å². The Kier molecular flexibility index (Phi) is 2.44. The van der Waals surface area contributed by atoms with E-state index in [1.54, 1.807) is 6.26 Å². The van der Waals surface area contributed by atoms with Crippen LogP contribution in [-0.4, -0.2) is 17.4 Å². The molecule has 0 saturated carbocycles. The average Bonchev–Trinajstić information content (AvgIpc) is 2.76. The number of allylic oxidation sites excluding steroid dienone is 5. The summed E-state index contributed by atoms with van der Waals surface area (Å²) in [4.78, 5) is 13.7. The largest absolute Gasteiger partial charge is 0.462 e. The molecular weight excluding hydrogens is 226 g/mol. The number of rotatable bonds is 1. The molecule has 1 amide bonds. The van der Waals surface area contributed by atoms with Crippen LogP contribution < -0.4 is 0 Å².